The summed E-state index contributed by atoms with van der Waals surface area (Å²) in [7, 11) is 0. The van der Waals surface area contributed by atoms with Crippen LogP contribution in [-0.2, 0) is 4.79 Å². The van der Waals surface area contributed by atoms with Crippen LogP contribution in [0.2, 0.25) is 0 Å². The lowest BCUT2D eigenvalue weighted by molar-refractivity contribution is -0.130. The van der Waals surface area contributed by atoms with E-state index in [1.165, 1.54) is 19.4 Å². The summed E-state index contributed by atoms with van der Waals surface area (Å²) in [5, 5.41) is 21.3. The molecule has 0 bridgehead atoms. The lowest BCUT2D eigenvalue weighted by Crippen LogP contribution is -2.56. The van der Waals surface area contributed by atoms with Crippen molar-refractivity contribution in [3.8, 4) is 12.3 Å². The Hall–Kier alpha value is -2.83. The summed E-state index contributed by atoms with van der Waals surface area (Å²) >= 11 is 0. The van der Waals surface area contributed by atoms with Gasteiger partial charge in [0.15, 0.2) is 0 Å². The molecule has 1 aromatic carbocycles. The molecule has 4 atom stereocenters. The number of piperidine rings is 1. The first-order valence-electron chi connectivity index (χ1n) is 20.5. The molecule has 0 aromatic heterocycles. The largest absolute Gasteiger partial charge is 0.349 e. The Kier molecular flexibility index (Phi) is 15.7. The van der Waals surface area contributed by atoms with Crippen LogP contribution in [0.5, 0.6) is 0 Å². The summed E-state index contributed by atoms with van der Waals surface area (Å²) in [5.41, 5.74) is 1.36. The number of alkyl halides is 2. The topological polar surface area (TPSA) is 86.5 Å². The molecule has 1 aromatic rings. The molecule has 7 nitrogen and oxygen atoms in total. The van der Waals surface area contributed by atoms with E-state index in [1.54, 1.807) is 0 Å². The zero-order chi connectivity index (χ0) is 37.9. The van der Waals surface area contributed by atoms with Gasteiger partial charge in [0.1, 0.15) is 5.84 Å². The first-order valence-corrected chi connectivity index (χ1v) is 20.5. The number of nitrogens with zero attached hydrogens (tertiary/aromatic N) is 3. The molecule has 4 unspecified atom stereocenters. The van der Waals surface area contributed by atoms with Gasteiger partial charge in [-0.15, -0.1) is 12.3 Å². The first-order chi connectivity index (χ1) is 24.9. The van der Waals surface area contributed by atoms with Crippen molar-refractivity contribution in [2.75, 3.05) is 26.2 Å². The van der Waals surface area contributed by atoms with Crippen LogP contribution in [0.4, 0.5) is 8.78 Å². The number of likely N-dealkylation sites (tertiary alicyclic amines) is 2. The average molecular weight is 723 g/mol. The number of amides is 1. The molecule has 1 spiro atoms. The highest BCUT2D eigenvalue weighted by Gasteiger charge is 2.49. The van der Waals surface area contributed by atoms with Crippen molar-refractivity contribution in [1.29, 1.82) is 10.8 Å². The second kappa shape index (κ2) is 19.5. The molecule has 2 aliphatic heterocycles. The van der Waals surface area contributed by atoms with Crippen LogP contribution < -0.4 is 5.32 Å². The van der Waals surface area contributed by atoms with Crippen LogP contribution in [-0.4, -0.2) is 82.5 Å². The highest BCUT2D eigenvalue weighted by Crippen LogP contribution is 2.52. The molecule has 52 heavy (non-hydrogen) atoms. The quantitative estimate of drug-likeness (QED) is 0.0774. The number of rotatable bonds is 14. The van der Waals surface area contributed by atoms with Crippen LogP contribution in [0.3, 0.4) is 0 Å². The SMILES string of the molecule is C#CCCCCN1CCCC2(CC(C(=N)N(C(C)=N)C(C)CC3CCC(C)N3CCC(NC(=O)C3CCC(F)(F)CC3)c3ccccc3)C2)C1.CC. The Morgan fingerprint density at radius 1 is 1.04 bits per heavy atom. The van der Waals surface area contributed by atoms with Gasteiger partial charge in [0.05, 0.1) is 11.9 Å². The predicted molar refractivity (Wildman–Crippen MR) is 210 cm³/mol. The Labute approximate surface area is 314 Å². The smallest absolute Gasteiger partial charge is 0.248 e. The minimum absolute atomic E-state index is 0.0439. The number of benzene rings is 1. The monoisotopic (exact) mass is 723 g/mol. The van der Waals surface area contributed by atoms with E-state index in [9.17, 15) is 19.0 Å². The molecule has 5 rings (SSSR count). The zero-order valence-electron chi connectivity index (χ0n) is 32.9. The van der Waals surface area contributed by atoms with Crippen molar-refractivity contribution in [3.05, 3.63) is 35.9 Å². The maximum atomic E-state index is 13.8. The molecular weight excluding hydrogens is 655 g/mol. The van der Waals surface area contributed by atoms with E-state index in [1.807, 2.05) is 56.0 Å². The van der Waals surface area contributed by atoms with Crippen molar-refractivity contribution in [2.45, 2.75) is 161 Å². The molecular formula is C43H68F2N6O. The number of carbonyl (C=O) groups excluding carboxylic acids is 1. The maximum absolute atomic E-state index is 13.8. The van der Waals surface area contributed by atoms with Gasteiger partial charge >= 0.3 is 0 Å². The summed E-state index contributed by atoms with van der Waals surface area (Å²) in [4.78, 5) is 20.5. The second-order valence-corrected chi connectivity index (χ2v) is 16.3. The lowest BCUT2D eigenvalue weighted by Gasteiger charge is -2.54. The normalized spacial score (nSPS) is 24.5. The van der Waals surface area contributed by atoms with Crippen LogP contribution in [0.15, 0.2) is 30.3 Å². The average Bonchev–Trinajstić information content (AvgIpc) is 3.46. The second-order valence-electron chi connectivity index (χ2n) is 16.3. The van der Waals surface area contributed by atoms with Crippen LogP contribution in [0.1, 0.15) is 143 Å². The number of nitrogens with one attached hydrogen (secondary N) is 3. The summed E-state index contributed by atoms with van der Waals surface area (Å²) in [6, 6.07) is 10.6. The Bertz CT molecular complexity index is 1330. The standard InChI is InChI=1S/C41H62F2N6O.C2H6/c1-5-6-7-11-23-47-24-12-20-40(29-47)27-35(28-40)38(45)49(32(4)44)31(3)26-36-16-15-30(2)48(36)25-19-37(33-13-9-8-10-14-33)46-39(50)34-17-21-41(42,43)22-18-34;1-2/h1,8-10,13-14,30-31,34-37,44-45H,6-7,11-12,15-29H2,2-4H3,(H,46,50);1-2H3. The molecule has 1 amide bonds. The van der Waals surface area contributed by atoms with E-state index in [2.05, 4.69) is 34.9 Å². The van der Waals surface area contributed by atoms with E-state index in [-0.39, 0.29) is 55.5 Å². The third-order valence-corrected chi connectivity index (χ3v) is 12.4. The fourth-order valence-electron chi connectivity index (χ4n) is 9.68. The van der Waals surface area contributed by atoms with E-state index in [4.69, 9.17) is 11.8 Å². The zero-order valence-corrected chi connectivity index (χ0v) is 32.9. The number of hydrogen-bond donors (Lipinski definition) is 3. The number of carbonyl (C=O) groups is 1. The van der Waals surface area contributed by atoms with E-state index >= 15 is 0 Å². The summed E-state index contributed by atoms with van der Waals surface area (Å²) < 4.78 is 27.6. The minimum Gasteiger partial charge on any atom is -0.349 e. The number of hydrogen-bond acceptors (Lipinski definition) is 5. The van der Waals surface area contributed by atoms with Crippen molar-refractivity contribution >= 4 is 17.6 Å². The van der Waals surface area contributed by atoms with E-state index in [0.29, 0.717) is 29.2 Å². The maximum Gasteiger partial charge on any atom is 0.248 e. The van der Waals surface area contributed by atoms with Gasteiger partial charge in [0.2, 0.25) is 11.8 Å². The third kappa shape index (κ3) is 11.1. The molecule has 2 aliphatic carbocycles. The van der Waals surface area contributed by atoms with Crippen molar-refractivity contribution in [1.82, 2.24) is 20.0 Å². The number of terminal acetylenes is 1. The van der Waals surface area contributed by atoms with Crippen molar-refractivity contribution in [3.63, 3.8) is 0 Å². The van der Waals surface area contributed by atoms with Gasteiger partial charge in [0, 0.05) is 62.3 Å². The highest BCUT2D eigenvalue weighted by molar-refractivity contribution is 5.98. The number of halogens is 2. The molecule has 290 valence electrons. The van der Waals surface area contributed by atoms with Crippen LogP contribution >= 0.6 is 0 Å². The molecule has 2 saturated heterocycles. The van der Waals surface area contributed by atoms with Gasteiger partial charge in [-0.3, -0.25) is 20.5 Å². The summed E-state index contributed by atoms with van der Waals surface area (Å²) in [6.07, 6.45) is 16.9. The summed E-state index contributed by atoms with van der Waals surface area (Å²) in [5.74, 6) is 0.908. The van der Waals surface area contributed by atoms with E-state index < -0.39 is 5.92 Å². The van der Waals surface area contributed by atoms with Gasteiger partial charge in [0.25, 0.3) is 0 Å². The molecule has 2 heterocycles. The van der Waals surface area contributed by atoms with E-state index in [0.717, 1.165) is 83.0 Å². The molecule has 0 radical (unpaired) electrons. The Morgan fingerprint density at radius 2 is 1.73 bits per heavy atom. The van der Waals surface area contributed by atoms with Gasteiger partial charge < -0.3 is 15.1 Å². The van der Waals surface area contributed by atoms with Gasteiger partial charge in [-0.1, -0.05) is 44.2 Å². The number of amidine groups is 2. The van der Waals surface area contributed by atoms with Gasteiger partial charge in [-0.2, -0.15) is 0 Å². The fraction of sp³-hybridized carbons (Fsp3) is 0.744. The molecule has 4 aliphatic rings. The molecule has 9 heteroatoms. The predicted octanol–water partition coefficient (Wildman–Crippen LogP) is 9.29. The minimum atomic E-state index is -2.65. The lowest BCUT2D eigenvalue weighted by atomic mass is 9.58. The molecule has 3 N–H and O–H groups in total. The fourth-order valence-corrected chi connectivity index (χ4v) is 9.68. The van der Waals surface area contributed by atoms with Crippen molar-refractivity contribution in [2.24, 2.45) is 17.3 Å². The van der Waals surface area contributed by atoms with Gasteiger partial charge in [-0.05, 0) is 122 Å². The van der Waals surface area contributed by atoms with Crippen LogP contribution in [0.25, 0.3) is 0 Å². The van der Waals surface area contributed by atoms with Crippen LogP contribution in [0, 0.1) is 40.4 Å². The molecule has 4 fully saturated rings. The number of unbranched alkanes of at least 4 members (excludes halogenated alkanes) is 2. The molecule has 2 saturated carbocycles. The van der Waals surface area contributed by atoms with Crippen molar-refractivity contribution < 1.29 is 13.6 Å². The third-order valence-electron chi connectivity index (χ3n) is 12.4. The Morgan fingerprint density at radius 3 is 2.38 bits per heavy atom. The summed E-state index contributed by atoms with van der Waals surface area (Å²) in [6.45, 7) is 14.5. The first kappa shape index (κ1) is 41.9. The van der Waals surface area contributed by atoms with Gasteiger partial charge in [-0.25, -0.2) is 8.78 Å². The highest BCUT2D eigenvalue weighted by atomic mass is 19.3. The Balaban J connectivity index is 0.00000297.